The van der Waals surface area contributed by atoms with Gasteiger partial charge in [-0.05, 0) is 74.8 Å². The highest BCUT2D eigenvalue weighted by molar-refractivity contribution is 5.83. The van der Waals surface area contributed by atoms with Crippen LogP contribution in [0.5, 0.6) is 5.75 Å². The highest BCUT2D eigenvalue weighted by atomic mass is 16.5. The molecular formula is C27H30N4O. The highest BCUT2D eigenvalue weighted by Gasteiger charge is 2.24. The van der Waals surface area contributed by atoms with Gasteiger partial charge < -0.3 is 10.1 Å². The third kappa shape index (κ3) is 3.72. The van der Waals surface area contributed by atoms with Gasteiger partial charge in [0.05, 0.1) is 12.8 Å². The van der Waals surface area contributed by atoms with Crippen molar-refractivity contribution in [1.29, 1.82) is 0 Å². The standard InChI is InChI=1S/C27H30N4O/c1-18-17-21(32-3)14-15-22(18)25-19(2)30-31-26(23-12-7-13-24(23)29-27(25)31)28-16-8-11-20-9-5-4-6-10-20/h4-6,9-10,14-15,17,28H,7-8,11-13,16H2,1-3H3. The number of hydrogen-bond acceptors (Lipinski definition) is 4. The Morgan fingerprint density at radius 2 is 1.91 bits per heavy atom. The van der Waals surface area contributed by atoms with Crippen molar-refractivity contribution in [3.63, 3.8) is 0 Å². The molecular weight excluding hydrogens is 396 g/mol. The Hall–Kier alpha value is -3.34. The van der Waals surface area contributed by atoms with E-state index in [1.807, 2.05) is 10.6 Å². The van der Waals surface area contributed by atoms with E-state index in [-0.39, 0.29) is 0 Å². The van der Waals surface area contributed by atoms with E-state index in [1.54, 1.807) is 7.11 Å². The summed E-state index contributed by atoms with van der Waals surface area (Å²) in [7, 11) is 1.70. The third-order valence-corrected chi connectivity index (χ3v) is 6.44. The minimum atomic E-state index is 0.870. The number of nitrogens with one attached hydrogen (secondary N) is 1. The first kappa shape index (κ1) is 20.6. The maximum Gasteiger partial charge on any atom is 0.165 e. The number of hydrogen-bond donors (Lipinski definition) is 1. The third-order valence-electron chi connectivity index (χ3n) is 6.44. The van der Waals surface area contributed by atoms with Crippen molar-refractivity contribution >= 4 is 11.5 Å². The van der Waals surface area contributed by atoms with Gasteiger partial charge in [-0.15, -0.1) is 0 Å². The Balaban J connectivity index is 1.50. The molecule has 0 saturated heterocycles. The molecule has 4 aromatic rings. The molecule has 164 valence electrons. The Morgan fingerprint density at radius 1 is 1.06 bits per heavy atom. The number of nitrogens with zero attached hydrogens (tertiary/aromatic N) is 3. The van der Waals surface area contributed by atoms with E-state index in [0.717, 1.165) is 67.1 Å². The molecule has 0 amide bonds. The lowest BCUT2D eigenvalue weighted by molar-refractivity contribution is 0.414. The molecule has 0 spiro atoms. The summed E-state index contributed by atoms with van der Waals surface area (Å²) >= 11 is 0. The number of aromatic nitrogens is 3. The second-order valence-corrected chi connectivity index (χ2v) is 8.63. The number of aryl methyl sites for hydroxylation is 4. The molecule has 2 aromatic carbocycles. The first-order valence-corrected chi connectivity index (χ1v) is 11.5. The Morgan fingerprint density at radius 3 is 2.69 bits per heavy atom. The zero-order valence-electron chi connectivity index (χ0n) is 19.1. The average Bonchev–Trinajstić information content (AvgIpc) is 3.40. The second-order valence-electron chi connectivity index (χ2n) is 8.63. The molecule has 0 saturated carbocycles. The number of benzene rings is 2. The lowest BCUT2D eigenvalue weighted by Crippen LogP contribution is -2.12. The van der Waals surface area contributed by atoms with E-state index < -0.39 is 0 Å². The minimum absolute atomic E-state index is 0.870. The van der Waals surface area contributed by atoms with E-state index >= 15 is 0 Å². The van der Waals surface area contributed by atoms with E-state index in [2.05, 4.69) is 61.6 Å². The predicted molar refractivity (Wildman–Crippen MR) is 130 cm³/mol. The summed E-state index contributed by atoms with van der Waals surface area (Å²) in [6.45, 7) is 5.12. The lowest BCUT2D eigenvalue weighted by Gasteiger charge is -2.14. The normalized spacial score (nSPS) is 12.8. The van der Waals surface area contributed by atoms with Crippen molar-refractivity contribution < 1.29 is 4.74 Å². The van der Waals surface area contributed by atoms with Crippen molar-refractivity contribution in [2.45, 2.75) is 46.0 Å². The fourth-order valence-corrected chi connectivity index (χ4v) is 4.82. The molecule has 5 heteroatoms. The number of anilines is 1. The van der Waals surface area contributed by atoms with Gasteiger partial charge in [-0.2, -0.15) is 9.61 Å². The van der Waals surface area contributed by atoms with E-state index in [1.165, 1.54) is 27.9 Å². The van der Waals surface area contributed by atoms with Crippen LogP contribution < -0.4 is 10.1 Å². The fraction of sp³-hybridized carbons (Fsp3) is 0.333. The van der Waals surface area contributed by atoms with Crippen LogP contribution in [-0.2, 0) is 19.3 Å². The minimum Gasteiger partial charge on any atom is -0.497 e. The van der Waals surface area contributed by atoms with Crippen LogP contribution in [0.2, 0.25) is 0 Å². The SMILES string of the molecule is COc1ccc(-c2c(C)nn3c(NCCCc4ccccc4)c4c(nc23)CCC4)c(C)c1. The molecule has 32 heavy (non-hydrogen) atoms. The Bertz CT molecular complexity index is 1260. The number of ether oxygens (including phenoxy) is 1. The zero-order valence-corrected chi connectivity index (χ0v) is 19.1. The molecule has 0 bridgehead atoms. The van der Waals surface area contributed by atoms with Gasteiger partial charge in [-0.25, -0.2) is 4.98 Å². The van der Waals surface area contributed by atoms with Crippen LogP contribution in [0.4, 0.5) is 5.82 Å². The van der Waals surface area contributed by atoms with Gasteiger partial charge in [0.1, 0.15) is 11.6 Å². The summed E-state index contributed by atoms with van der Waals surface area (Å²) in [5, 5.41) is 8.67. The van der Waals surface area contributed by atoms with Crippen LogP contribution in [-0.4, -0.2) is 28.3 Å². The second kappa shape index (κ2) is 8.65. The van der Waals surface area contributed by atoms with Crippen LogP contribution >= 0.6 is 0 Å². The molecule has 5 nitrogen and oxygen atoms in total. The van der Waals surface area contributed by atoms with Crippen molar-refractivity contribution in [3.05, 3.63) is 76.6 Å². The van der Waals surface area contributed by atoms with Crippen molar-refractivity contribution in [3.8, 4) is 16.9 Å². The molecule has 1 aliphatic rings. The summed E-state index contributed by atoms with van der Waals surface area (Å²) in [5.74, 6) is 1.99. The van der Waals surface area contributed by atoms with Crippen LogP contribution in [0, 0.1) is 13.8 Å². The first-order chi connectivity index (χ1) is 15.7. The molecule has 1 N–H and O–H groups in total. The van der Waals surface area contributed by atoms with Gasteiger partial charge in [-0.3, -0.25) is 0 Å². The topological polar surface area (TPSA) is 51.5 Å². The van der Waals surface area contributed by atoms with Crippen molar-refractivity contribution in [2.75, 3.05) is 19.0 Å². The molecule has 0 fully saturated rings. The fourth-order valence-electron chi connectivity index (χ4n) is 4.82. The quantitative estimate of drug-likeness (QED) is 0.393. The maximum absolute atomic E-state index is 5.41. The van der Waals surface area contributed by atoms with E-state index in [0.29, 0.717) is 0 Å². The molecule has 0 unspecified atom stereocenters. The monoisotopic (exact) mass is 426 g/mol. The van der Waals surface area contributed by atoms with Gasteiger partial charge in [0.2, 0.25) is 0 Å². The molecule has 5 rings (SSSR count). The lowest BCUT2D eigenvalue weighted by atomic mass is 10.0. The molecule has 0 atom stereocenters. The number of methoxy groups -OCH3 is 1. The number of rotatable bonds is 7. The van der Waals surface area contributed by atoms with Gasteiger partial charge >= 0.3 is 0 Å². The van der Waals surface area contributed by atoms with Gasteiger partial charge in [-0.1, -0.05) is 36.4 Å². The molecule has 1 aliphatic carbocycles. The van der Waals surface area contributed by atoms with E-state index in [9.17, 15) is 0 Å². The van der Waals surface area contributed by atoms with Crippen LogP contribution in [0.3, 0.4) is 0 Å². The zero-order chi connectivity index (χ0) is 22.1. The molecule has 0 radical (unpaired) electrons. The van der Waals surface area contributed by atoms with Crippen LogP contribution in [0.1, 0.15) is 40.9 Å². The molecule has 2 heterocycles. The molecule has 2 aromatic heterocycles. The van der Waals surface area contributed by atoms with Crippen molar-refractivity contribution in [1.82, 2.24) is 14.6 Å². The molecule has 0 aliphatic heterocycles. The summed E-state index contributed by atoms with van der Waals surface area (Å²) in [5.41, 5.74) is 9.33. The maximum atomic E-state index is 5.41. The predicted octanol–water partition coefficient (Wildman–Crippen LogP) is 5.56. The largest absolute Gasteiger partial charge is 0.497 e. The van der Waals surface area contributed by atoms with Crippen LogP contribution in [0.25, 0.3) is 16.8 Å². The summed E-state index contributed by atoms with van der Waals surface area (Å²) in [6.07, 6.45) is 5.40. The van der Waals surface area contributed by atoms with Crippen LogP contribution in [0.15, 0.2) is 48.5 Å². The summed E-state index contributed by atoms with van der Waals surface area (Å²) in [4.78, 5) is 5.10. The average molecular weight is 427 g/mol. The van der Waals surface area contributed by atoms with E-state index in [4.69, 9.17) is 14.8 Å². The number of fused-ring (bicyclic) bond motifs is 2. The van der Waals surface area contributed by atoms with Gasteiger partial charge in [0, 0.05) is 23.4 Å². The smallest absolute Gasteiger partial charge is 0.165 e. The summed E-state index contributed by atoms with van der Waals surface area (Å²) in [6, 6.07) is 16.9. The van der Waals surface area contributed by atoms with Crippen molar-refractivity contribution in [2.24, 2.45) is 0 Å². The Labute approximate surface area is 189 Å². The highest BCUT2D eigenvalue weighted by Crippen LogP contribution is 2.36. The Kier molecular flexibility index (Phi) is 5.56. The van der Waals surface area contributed by atoms with Gasteiger partial charge in [0.25, 0.3) is 0 Å². The van der Waals surface area contributed by atoms with Gasteiger partial charge in [0.15, 0.2) is 5.65 Å². The first-order valence-electron chi connectivity index (χ1n) is 11.5. The summed E-state index contributed by atoms with van der Waals surface area (Å²) < 4.78 is 7.45.